The molecule has 0 saturated carbocycles. The van der Waals surface area contributed by atoms with Crippen LogP contribution in [0.4, 0.5) is 0 Å². The maximum atomic E-state index is 9.83. The summed E-state index contributed by atoms with van der Waals surface area (Å²) >= 11 is 0. The van der Waals surface area contributed by atoms with Gasteiger partial charge >= 0.3 is 0 Å². The van der Waals surface area contributed by atoms with Gasteiger partial charge in [-0.05, 0) is 43.1 Å². The number of piperidine rings is 1. The lowest BCUT2D eigenvalue weighted by atomic mass is 9.56. The number of likely N-dealkylation sites (N-methyl/N-ethyl adjacent to an activating group) is 1. The van der Waals surface area contributed by atoms with Crippen molar-refractivity contribution in [2.45, 2.75) is 37.0 Å². The molecule has 1 saturated heterocycles. The number of aliphatic hydroxyl groups excluding tert-OH is 2. The van der Waals surface area contributed by atoms with Gasteiger partial charge in [-0.15, -0.1) is 0 Å². The van der Waals surface area contributed by atoms with Crippen LogP contribution in [0.1, 0.15) is 23.1 Å². The van der Waals surface area contributed by atoms with Gasteiger partial charge in [-0.3, -0.25) is 4.90 Å². The fraction of sp³-hybridized carbons (Fsp3) is 0.474. The highest BCUT2D eigenvalue weighted by atomic mass is 16.5. The van der Waals surface area contributed by atoms with Crippen molar-refractivity contribution in [3.63, 3.8) is 0 Å². The number of hydrogen-bond acceptors (Lipinski definition) is 4. The first-order valence-electron chi connectivity index (χ1n) is 8.35. The molecule has 0 radical (unpaired) electrons. The summed E-state index contributed by atoms with van der Waals surface area (Å²) in [5, 5.41) is 19.6. The van der Waals surface area contributed by atoms with Crippen molar-refractivity contribution in [3.8, 4) is 5.75 Å². The predicted molar refractivity (Wildman–Crippen MR) is 86.4 cm³/mol. The minimum atomic E-state index is -0.141. The number of nitrogens with zero attached hydrogens (tertiary/aromatic N) is 1. The molecule has 1 aromatic rings. The van der Waals surface area contributed by atoms with Crippen molar-refractivity contribution in [3.05, 3.63) is 52.1 Å². The van der Waals surface area contributed by atoms with Gasteiger partial charge in [0.15, 0.2) is 0 Å². The van der Waals surface area contributed by atoms with Crippen LogP contribution in [0.5, 0.6) is 5.75 Å². The molecule has 1 aromatic carbocycles. The van der Waals surface area contributed by atoms with E-state index in [9.17, 15) is 10.2 Å². The van der Waals surface area contributed by atoms with Gasteiger partial charge in [0.1, 0.15) is 11.9 Å². The lowest BCUT2D eigenvalue weighted by molar-refractivity contribution is 0.104. The van der Waals surface area contributed by atoms with Crippen molar-refractivity contribution in [2.75, 3.05) is 20.2 Å². The topological polar surface area (TPSA) is 52.9 Å². The lowest BCUT2D eigenvalue weighted by Gasteiger charge is -2.53. The number of benzene rings is 1. The Morgan fingerprint density at radius 2 is 2.13 bits per heavy atom. The first-order valence-corrected chi connectivity index (χ1v) is 8.35. The molecule has 2 aliphatic carbocycles. The van der Waals surface area contributed by atoms with Crippen molar-refractivity contribution < 1.29 is 14.9 Å². The quantitative estimate of drug-likeness (QED) is 0.864. The van der Waals surface area contributed by atoms with E-state index in [-0.39, 0.29) is 24.7 Å². The molecule has 2 aliphatic heterocycles. The maximum Gasteiger partial charge on any atom is 0.136 e. The van der Waals surface area contributed by atoms with Crippen LogP contribution < -0.4 is 4.74 Å². The normalized spacial score (nSPS) is 33.7. The molecule has 1 unspecified atom stereocenters. The lowest BCUT2D eigenvalue weighted by Crippen LogP contribution is -2.58. The number of ether oxygens (including phenoxy) is 1. The Kier molecular flexibility index (Phi) is 2.68. The molecule has 2 N–H and O–H groups in total. The first kappa shape index (κ1) is 13.8. The zero-order valence-electron chi connectivity index (χ0n) is 13.2. The highest BCUT2D eigenvalue weighted by molar-refractivity contribution is 5.66. The summed E-state index contributed by atoms with van der Waals surface area (Å²) in [5.41, 5.74) is 5.72. The molecular weight excluding hydrogens is 290 g/mol. The molecule has 120 valence electrons. The van der Waals surface area contributed by atoms with Gasteiger partial charge in [-0.2, -0.15) is 0 Å². The number of allylic oxidation sites excluding steroid dienone is 2. The summed E-state index contributed by atoms with van der Waals surface area (Å²) in [6.45, 7) is 1.04. The summed E-state index contributed by atoms with van der Waals surface area (Å²) < 4.78 is 6.39. The summed E-state index contributed by atoms with van der Waals surface area (Å²) in [4.78, 5) is 2.44. The van der Waals surface area contributed by atoms with Crippen LogP contribution in [0.25, 0.3) is 0 Å². The van der Waals surface area contributed by atoms with Crippen molar-refractivity contribution >= 4 is 0 Å². The van der Waals surface area contributed by atoms with Crippen LogP contribution in [0.3, 0.4) is 0 Å². The van der Waals surface area contributed by atoms with Crippen LogP contribution in [0, 0.1) is 0 Å². The Balaban J connectivity index is 1.84. The highest BCUT2D eigenvalue weighted by Crippen LogP contribution is 2.61. The Morgan fingerprint density at radius 1 is 1.26 bits per heavy atom. The van der Waals surface area contributed by atoms with Gasteiger partial charge in [0.2, 0.25) is 0 Å². The van der Waals surface area contributed by atoms with Crippen LogP contribution in [-0.4, -0.2) is 47.5 Å². The second-order valence-electron chi connectivity index (χ2n) is 7.19. The van der Waals surface area contributed by atoms with E-state index in [1.54, 1.807) is 0 Å². The Hall–Kier alpha value is -1.62. The molecule has 2 bridgehead atoms. The molecule has 2 heterocycles. The monoisotopic (exact) mass is 311 g/mol. The van der Waals surface area contributed by atoms with Gasteiger partial charge in [0, 0.05) is 17.2 Å². The minimum absolute atomic E-state index is 0.00797. The van der Waals surface area contributed by atoms with E-state index in [1.807, 2.05) is 12.1 Å². The summed E-state index contributed by atoms with van der Waals surface area (Å²) in [6, 6.07) is 4.57. The van der Waals surface area contributed by atoms with E-state index < -0.39 is 0 Å². The Morgan fingerprint density at radius 3 is 2.91 bits per heavy atom. The average Bonchev–Trinajstić information content (AvgIpc) is 2.92. The van der Waals surface area contributed by atoms with E-state index in [0.717, 1.165) is 36.3 Å². The van der Waals surface area contributed by atoms with Gasteiger partial charge in [-0.25, -0.2) is 0 Å². The Bertz CT molecular complexity index is 766. The summed E-state index contributed by atoms with van der Waals surface area (Å²) in [6.07, 6.45) is 6.14. The van der Waals surface area contributed by atoms with E-state index in [0.29, 0.717) is 6.04 Å². The zero-order chi connectivity index (χ0) is 15.8. The number of likely N-dealkylation sites (tertiary alicyclic amines) is 1. The Labute approximate surface area is 135 Å². The smallest absolute Gasteiger partial charge is 0.136 e. The van der Waals surface area contributed by atoms with Gasteiger partial charge < -0.3 is 14.9 Å². The summed E-state index contributed by atoms with van der Waals surface area (Å²) in [5.74, 6) is 0.866. The molecule has 0 aromatic heterocycles. The van der Waals surface area contributed by atoms with Crippen LogP contribution in [0.15, 0.2) is 35.4 Å². The third-order valence-electron chi connectivity index (χ3n) is 6.30. The molecular formula is C19H21NO3. The van der Waals surface area contributed by atoms with Crippen LogP contribution in [0.2, 0.25) is 0 Å². The second kappa shape index (κ2) is 4.47. The van der Waals surface area contributed by atoms with Crippen molar-refractivity contribution in [1.82, 2.24) is 4.90 Å². The molecule has 0 amide bonds. The molecule has 5 rings (SSSR count). The molecule has 4 nitrogen and oxygen atoms in total. The fourth-order valence-corrected chi connectivity index (χ4v) is 5.22. The minimum Gasteiger partial charge on any atom is -0.484 e. The third kappa shape index (κ3) is 1.47. The molecule has 1 fully saturated rings. The van der Waals surface area contributed by atoms with E-state index in [4.69, 9.17) is 4.74 Å². The SMILES string of the molecule is CN1CC[C@@]23C4=CC=C(CO)C2Oc2c(CO)ccc(c23)C[C@H]41. The number of aliphatic hydroxyl groups is 2. The van der Waals surface area contributed by atoms with E-state index in [2.05, 4.69) is 24.1 Å². The van der Waals surface area contributed by atoms with E-state index >= 15 is 0 Å². The maximum absolute atomic E-state index is 9.83. The van der Waals surface area contributed by atoms with Gasteiger partial charge in [0.25, 0.3) is 0 Å². The second-order valence-corrected chi connectivity index (χ2v) is 7.19. The molecule has 4 aliphatic rings. The van der Waals surface area contributed by atoms with E-state index in [1.165, 1.54) is 16.7 Å². The largest absolute Gasteiger partial charge is 0.484 e. The van der Waals surface area contributed by atoms with Gasteiger partial charge in [-0.1, -0.05) is 24.3 Å². The predicted octanol–water partition coefficient (Wildman–Crippen LogP) is 1.30. The van der Waals surface area contributed by atoms with Crippen molar-refractivity contribution in [1.29, 1.82) is 0 Å². The number of rotatable bonds is 2. The van der Waals surface area contributed by atoms with Crippen LogP contribution in [-0.2, 0) is 18.4 Å². The van der Waals surface area contributed by atoms with Crippen molar-refractivity contribution in [2.24, 2.45) is 0 Å². The average molecular weight is 311 g/mol. The standard InChI is InChI=1S/C19H21NO3/c1-20-7-6-19-14-5-4-13(10-22)18(19)23-17-12(9-21)3-2-11(16(17)19)8-15(14)20/h2-5,15,18,21-22H,6-10H2,1H3/t15-,18?,19+/m1/s1. The summed E-state index contributed by atoms with van der Waals surface area (Å²) in [7, 11) is 2.20. The molecule has 23 heavy (non-hydrogen) atoms. The first-order chi connectivity index (χ1) is 11.2. The molecule has 3 atom stereocenters. The zero-order valence-corrected chi connectivity index (χ0v) is 13.2. The fourth-order valence-electron chi connectivity index (χ4n) is 5.22. The molecule has 4 heteroatoms. The van der Waals surface area contributed by atoms with Gasteiger partial charge in [0.05, 0.1) is 18.6 Å². The van der Waals surface area contributed by atoms with Crippen LogP contribution >= 0.6 is 0 Å². The highest BCUT2D eigenvalue weighted by Gasteiger charge is 2.60. The third-order valence-corrected chi connectivity index (χ3v) is 6.30. The number of hydrogen-bond donors (Lipinski definition) is 2. The molecule has 1 spiro atoms.